The van der Waals surface area contributed by atoms with Crippen molar-refractivity contribution < 1.29 is 13.7 Å². The molecule has 5 nitrogen and oxygen atoms in total. The molecule has 25 heavy (non-hydrogen) atoms. The van der Waals surface area contributed by atoms with Gasteiger partial charge in [0.2, 0.25) is 11.7 Å². The Morgan fingerprint density at radius 3 is 2.64 bits per heavy atom. The Labute approximate surface area is 146 Å². The number of carbonyl (C=O) groups excluding carboxylic acids is 1. The van der Waals surface area contributed by atoms with Crippen molar-refractivity contribution in [2.24, 2.45) is 0 Å². The lowest BCUT2D eigenvalue weighted by atomic mass is 9.98. The minimum Gasteiger partial charge on any atom is -0.461 e. The first-order valence-corrected chi connectivity index (χ1v) is 8.51. The van der Waals surface area contributed by atoms with E-state index in [1.807, 2.05) is 30.3 Å². The summed E-state index contributed by atoms with van der Waals surface area (Å²) in [4.78, 5) is 13.0. The van der Waals surface area contributed by atoms with Crippen molar-refractivity contribution in [2.45, 2.75) is 38.0 Å². The SMILES string of the molecule is CC(C)c1ccccc1NC(=O)C1(c2cc(-c3ccco3)on2)CC1. The van der Waals surface area contributed by atoms with Crippen molar-refractivity contribution in [2.75, 3.05) is 5.32 Å². The third kappa shape index (κ3) is 2.76. The van der Waals surface area contributed by atoms with Crippen LogP contribution in [0.2, 0.25) is 0 Å². The van der Waals surface area contributed by atoms with Crippen molar-refractivity contribution in [3.63, 3.8) is 0 Å². The second kappa shape index (κ2) is 5.92. The number of rotatable bonds is 5. The van der Waals surface area contributed by atoms with Gasteiger partial charge in [-0.25, -0.2) is 0 Å². The second-order valence-electron chi connectivity index (χ2n) is 6.83. The maximum Gasteiger partial charge on any atom is 0.236 e. The van der Waals surface area contributed by atoms with Crippen LogP contribution in [0.15, 0.2) is 57.7 Å². The summed E-state index contributed by atoms with van der Waals surface area (Å²) in [6.45, 7) is 4.23. The normalized spacial score (nSPS) is 15.3. The molecule has 2 aromatic heterocycles. The summed E-state index contributed by atoms with van der Waals surface area (Å²) in [7, 11) is 0. The average Bonchev–Trinajstić information content (AvgIpc) is 3.02. The average molecular weight is 336 g/mol. The summed E-state index contributed by atoms with van der Waals surface area (Å²) in [5.41, 5.74) is 2.06. The first-order valence-electron chi connectivity index (χ1n) is 8.51. The number of hydrogen-bond acceptors (Lipinski definition) is 4. The van der Waals surface area contributed by atoms with Crippen molar-refractivity contribution in [3.8, 4) is 11.5 Å². The molecule has 2 heterocycles. The maximum absolute atomic E-state index is 13.0. The van der Waals surface area contributed by atoms with E-state index in [0.717, 1.165) is 24.1 Å². The van der Waals surface area contributed by atoms with Gasteiger partial charge < -0.3 is 14.3 Å². The molecule has 128 valence electrons. The molecule has 0 saturated heterocycles. The van der Waals surface area contributed by atoms with Gasteiger partial charge in [0.1, 0.15) is 0 Å². The van der Waals surface area contributed by atoms with Crippen molar-refractivity contribution in [1.29, 1.82) is 0 Å². The van der Waals surface area contributed by atoms with Crippen molar-refractivity contribution >= 4 is 11.6 Å². The van der Waals surface area contributed by atoms with Gasteiger partial charge in [0.05, 0.1) is 17.4 Å². The Morgan fingerprint density at radius 2 is 1.96 bits per heavy atom. The lowest BCUT2D eigenvalue weighted by molar-refractivity contribution is -0.118. The minimum atomic E-state index is -0.599. The molecule has 1 aromatic carbocycles. The zero-order valence-corrected chi connectivity index (χ0v) is 14.3. The van der Waals surface area contributed by atoms with E-state index in [1.165, 1.54) is 0 Å². The third-order valence-corrected chi connectivity index (χ3v) is 4.78. The molecule has 0 unspecified atom stereocenters. The molecule has 1 fully saturated rings. The van der Waals surface area contributed by atoms with Gasteiger partial charge in [0, 0.05) is 11.8 Å². The van der Waals surface area contributed by atoms with E-state index in [-0.39, 0.29) is 5.91 Å². The summed E-state index contributed by atoms with van der Waals surface area (Å²) >= 11 is 0. The van der Waals surface area contributed by atoms with Crippen molar-refractivity contribution in [1.82, 2.24) is 5.16 Å². The van der Waals surface area contributed by atoms with Gasteiger partial charge in [-0.2, -0.15) is 0 Å². The lowest BCUT2D eigenvalue weighted by Gasteiger charge is -2.17. The predicted octanol–water partition coefficient (Wildman–Crippen LogP) is 4.73. The van der Waals surface area contributed by atoms with E-state index in [0.29, 0.717) is 23.1 Å². The van der Waals surface area contributed by atoms with Gasteiger partial charge in [-0.1, -0.05) is 37.2 Å². The Hall–Kier alpha value is -2.82. The first kappa shape index (κ1) is 15.7. The van der Waals surface area contributed by atoms with Crippen molar-refractivity contribution in [3.05, 3.63) is 60.0 Å². The quantitative estimate of drug-likeness (QED) is 0.731. The summed E-state index contributed by atoms with van der Waals surface area (Å²) in [6.07, 6.45) is 3.12. The number of amides is 1. The number of benzene rings is 1. The van der Waals surface area contributed by atoms with Crippen LogP contribution in [0.4, 0.5) is 5.69 Å². The summed E-state index contributed by atoms with van der Waals surface area (Å²) in [5.74, 6) is 1.46. The molecule has 4 rings (SSSR count). The highest BCUT2D eigenvalue weighted by molar-refractivity contribution is 6.01. The van der Waals surface area contributed by atoms with Gasteiger partial charge in [-0.15, -0.1) is 0 Å². The summed E-state index contributed by atoms with van der Waals surface area (Å²) in [5, 5.41) is 7.22. The molecule has 1 aliphatic rings. The minimum absolute atomic E-state index is 0.0279. The van der Waals surface area contributed by atoms with Crippen LogP contribution in [0, 0.1) is 0 Å². The van der Waals surface area contributed by atoms with E-state index in [2.05, 4.69) is 24.3 Å². The molecular formula is C20H20N2O3. The van der Waals surface area contributed by atoms with Crippen LogP contribution in [0.5, 0.6) is 0 Å². The van der Waals surface area contributed by atoms with Crippen LogP contribution >= 0.6 is 0 Å². The van der Waals surface area contributed by atoms with Gasteiger partial charge >= 0.3 is 0 Å². The van der Waals surface area contributed by atoms with E-state index in [4.69, 9.17) is 8.94 Å². The van der Waals surface area contributed by atoms with Crippen LogP contribution < -0.4 is 5.32 Å². The topological polar surface area (TPSA) is 68.3 Å². The fourth-order valence-electron chi connectivity index (χ4n) is 3.12. The van der Waals surface area contributed by atoms with Crippen LogP contribution in [0.3, 0.4) is 0 Å². The highest BCUT2D eigenvalue weighted by atomic mass is 16.5. The largest absolute Gasteiger partial charge is 0.461 e. The molecule has 1 aliphatic carbocycles. The number of hydrogen-bond donors (Lipinski definition) is 1. The number of furan rings is 1. The molecule has 0 spiro atoms. The van der Waals surface area contributed by atoms with E-state index in [1.54, 1.807) is 18.4 Å². The first-order chi connectivity index (χ1) is 12.1. The standard InChI is InChI=1S/C20H20N2O3/c1-13(2)14-6-3-4-7-15(14)21-19(23)20(9-10-20)18-12-17(25-22-18)16-8-5-11-24-16/h3-8,11-13H,9-10H2,1-2H3,(H,21,23). The van der Waals surface area contributed by atoms with Gasteiger partial charge in [-0.3, -0.25) is 4.79 Å². The van der Waals surface area contributed by atoms with Gasteiger partial charge in [0.25, 0.3) is 0 Å². The smallest absolute Gasteiger partial charge is 0.236 e. The molecule has 1 saturated carbocycles. The fraction of sp³-hybridized carbons (Fsp3) is 0.300. The molecule has 3 aromatic rings. The van der Waals surface area contributed by atoms with Crippen LogP contribution in [0.25, 0.3) is 11.5 Å². The Morgan fingerprint density at radius 1 is 1.16 bits per heavy atom. The van der Waals surface area contributed by atoms with Crippen LogP contribution in [-0.4, -0.2) is 11.1 Å². The predicted molar refractivity (Wildman–Crippen MR) is 94.3 cm³/mol. The number of anilines is 1. The zero-order valence-electron chi connectivity index (χ0n) is 14.3. The molecule has 0 atom stereocenters. The molecule has 0 bridgehead atoms. The monoisotopic (exact) mass is 336 g/mol. The van der Waals surface area contributed by atoms with Crippen LogP contribution in [0.1, 0.15) is 43.9 Å². The number of carbonyl (C=O) groups is 1. The second-order valence-corrected chi connectivity index (χ2v) is 6.83. The highest BCUT2D eigenvalue weighted by Crippen LogP contribution is 2.49. The van der Waals surface area contributed by atoms with Crippen LogP contribution in [-0.2, 0) is 10.2 Å². The molecule has 0 aliphatic heterocycles. The summed E-state index contributed by atoms with van der Waals surface area (Å²) in [6, 6.07) is 13.3. The number of aromatic nitrogens is 1. The lowest BCUT2D eigenvalue weighted by Crippen LogP contribution is -2.28. The molecule has 5 heteroatoms. The highest BCUT2D eigenvalue weighted by Gasteiger charge is 2.54. The molecule has 1 amide bonds. The van der Waals surface area contributed by atoms with Gasteiger partial charge in [0.15, 0.2) is 5.76 Å². The van der Waals surface area contributed by atoms with Gasteiger partial charge in [-0.05, 0) is 42.5 Å². The van der Waals surface area contributed by atoms with E-state index in [9.17, 15) is 4.79 Å². The molecule has 0 radical (unpaired) electrons. The molecule has 1 N–H and O–H groups in total. The number of nitrogens with zero attached hydrogens (tertiary/aromatic N) is 1. The zero-order chi connectivity index (χ0) is 17.4. The summed E-state index contributed by atoms with van der Waals surface area (Å²) < 4.78 is 10.7. The Bertz CT molecular complexity index is 889. The van der Waals surface area contributed by atoms with E-state index < -0.39 is 5.41 Å². The number of para-hydroxylation sites is 1. The Kier molecular flexibility index (Phi) is 3.71. The number of nitrogens with one attached hydrogen (secondary N) is 1. The third-order valence-electron chi connectivity index (χ3n) is 4.78. The fourth-order valence-corrected chi connectivity index (χ4v) is 3.12. The van der Waals surface area contributed by atoms with E-state index >= 15 is 0 Å². The maximum atomic E-state index is 13.0. The Balaban J connectivity index is 1.58. The molecular weight excluding hydrogens is 316 g/mol.